The Balaban J connectivity index is 1.88. The second kappa shape index (κ2) is 5.81. The maximum Gasteiger partial charge on any atom is 0.149 e. The van der Waals surface area contributed by atoms with Crippen molar-refractivity contribution >= 4 is 28.4 Å². The van der Waals surface area contributed by atoms with E-state index < -0.39 is 5.60 Å². The van der Waals surface area contributed by atoms with Gasteiger partial charge in [-0.15, -0.1) is 0 Å². The zero-order valence-corrected chi connectivity index (χ0v) is 12.8. The van der Waals surface area contributed by atoms with Crippen LogP contribution in [0.1, 0.15) is 18.5 Å². The van der Waals surface area contributed by atoms with Crippen LogP contribution in [0.5, 0.6) is 0 Å². The molecule has 0 amide bonds. The fourth-order valence-electron chi connectivity index (χ4n) is 2.68. The number of halogens is 1. The number of anilines is 1. The van der Waals surface area contributed by atoms with Gasteiger partial charge in [-0.1, -0.05) is 12.1 Å². The molecular formula is C16H19FN2OS. The van der Waals surface area contributed by atoms with Gasteiger partial charge >= 0.3 is 0 Å². The third-order valence-electron chi connectivity index (χ3n) is 3.95. The lowest BCUT2D eigenvalue weighted by molar-refractivity contribution is 0.0454. The van der Waals surface area contributed by atoms with Gasteiger partial charge in [0.2, 0.25) is 0 Å². The van der Waals surface area contributed by atoms with E-state index in [1.165, 1.54) is 6.07 Å². The largest absolute Gasteiger partial charge is 0.388 e. The molecule has 21 heavy (non-hydrogen) atoms. The first-order valence-corrected chi connectivity index (χ1v) is 8.33. The standard InChI is InChI=1S/C16H19FN2OS/c1-11-9-14(12-3-2-4-13(17)15(12)19-11)18-10-16(20)5-7-21-8-6-16/h2-4,9,20H,5-8,10H2,1H3,(H,18,19). The number of benzene rings is 1. The van der Waals surface area contributed by atoms with Crippen LogP contribution in [0.3, 0.4) is 0 Å². The first kappa shape index (κ1) is 14.6. The van der Waals surface area contributed by atoms with Crippen molar-refractivity contribution in [2.75, 3.05) is 23.4 Å². The van der Waals surface area contributed by atoms with Gasteiger partial charge in [-0.2, -0.15) is 11.8 Å². The maximum atomic E-state index is 13.9. The summed E-state index contributed by atoms with van der Waals surface area (Å²) in [7, 11) is 0. The number of hydrogen-bond acceptors (Lipinski definition) is 4. The molecule has 2 N–H and O–H groups in total. The number of fused-ring (bicyclic) bond motifs is 1. The zero-order valence-electron chi connectivity index (χ0n) is 12.0. The summed E-state index contributed by atoms with van der Waals surface area (Å²) in [6, 6.07) is 6.87. The molecule has 0 atom stereocenters. The topological polar surface area (TPSA) is 45.1 Å². The summed E-state index contributed by atoms with van der Waals surface area (Å²) < 4.78 is 13.9. The number of rotatable bonds is 3. The molecule has 2 heterocycles. The molecule has 2 aromatic rings. The summed E-state index contributed by atoms with van der Waals surface area (Å²) >= 11 is 1.88. The van der Waals surface area contributed by atoms with Crippen molar-refractivity contribution in [1.29, 1.82) is 0 Å². The predicted octanol–water partition coefficient (Wildman–Crippen LogP) is 3.35. The third kappa shape index (κ3) is 3.14. The molecule has 0 saturated carbocycles. The first-order chi connectivity index (χ1) is 10.1. The highest BCUT2D eigenvalue weighted by molar-refractivity contribution is 7.99. The van der Waals surface area contributed by atoms with Crippen molar-refractivity contribution in [2.45, 2.75) is 25.4 Å². The van der Waals surface area contributed by atoms with Gasteiger partial charge in [-0.25, -0.2) is 9.37 Å². The number of nitrogens with one attached hydrogen (secondary N) is 1. The van der Waals surface area contributed by atoms with E-state index in [1.807, 2.05) is 30.8 Å². The number of aryl methyl sites for hydroxylation is 1. The highest BCUT2D eigenvalue weighted by Crippen LogP contribution is 2.29. The fourth-order valence-corrected chi connectivity index (χ4v) is 3.93. The molecule has 0 spiro atoms. The lowest BCUT2D eigenvalue weighted by Gasteiger charge is -2.32. The molecule has 0 unspecified atom stereocenters. The van der Waals surface area contributed by atoms with Crippen LogP contribution in [0.4, 0.5) is 10.1 Å². The van der Waals surface area contributed by atoms with E-state index in [0.29, 0.717) is 12.1 Å². The molecule has 3 nitrogen and oxygen atoms in total. The molecule has 1 saturated heterocycles. The van der Waals surface area contributed by atoms with Gasteiger partial charge in [0.05, 0.1) is 5.60 Å². The SMILES string of the molecule is Cc1cc(NCC2(O)CCSCC2)c2cccc(F)c2n1. The fraction of sp³-hybridized carbons (Fsp3) is 0.438. The average molecular weight is 306 g/mol. The maximum absolute atomic E-state index is 13.9. The van der Waals surface area contributed by atoms with Crippen molar-refractivity contribution < 1.29 is 9.50 Å². The Labute approximate surface area is 128 Å². The molecule has 112 valence electrons. The lowest BCUT2D eigenvalue weighted by Crippen LogP contribution is -2.40. The Bertz CT molecular complexity index is 656. The monoisotopic (exact) mass is 306 g/mol. The van der Waals surface area contributed by atoms with Crippen LogP contribution in [-0.2, 0) is 0 Å². The molecule has 1 fully saturated rings. The molecule has 1 aliphatic heterocycles. The van der Waals surface area contributed by atoms with E-state index in [4.69, 9.17) is 0 Å². The van der Waals surface area contributed by atoms with E-state index in [9.17, 15) is 9.50 Å². The summed E-state index contributed by atoms with van der Waals surface area (Å²) in [6.07, 6.45) is 1.59. The van der Waals surface area contributed by atoms with E-state index in [0.717, 1.165) is 41.1 Å². The van der Waals surface area contributed by atoms with E-state index in [1.54, 1.807) is 6.07 Å². The molecule has 0 radical (unpaired) electrons. The smallest absolute Gasteiger partial charge is 0.149 e. The van der Waals surface area contributed by atoms with Crippen LogP contribution < -0.4 is 5.32 Å². The molecule has 3 rings (SSSR count). The highest BCUT2D eigenvalue weighted by Gasteiger charge is 2.29. The predicted molar refractivity (Wildman–Crippen MR) is 86.4 cm³/mol. The summed E-state index contributed by atoms with van der Waals surface area (Å²) in [6.45, 7) is 2.34. The van der Waals surface area contributed by atoms with Gasteiger partial charge in [0.1, 0.15) is 11.3 Å². The van der Waals surface area contributed by atoms with Crippen LogP contribution >= 0.6 is 11.8 Å². The Morgan fingerprint density at radius 2 is 2.14 bits per heavy atom. The minimum absolute atomic E-state index is 0.313. The van der Waals surface area contributed by atoms with Crippen LogP contribution in [0, 0.1) is 12.7 Å². The van der Waals surface area contributed by atoms with Gasteiger partial charge < -0.3 is 10.4 Å². The Morgan fingerprint density at radius 3 is 2.90 bits per heavy atom. The molecule has 0 bridgehead atoms. The lowest BCUT2D eigenvalue weighted by atomic mass is 9.96. The van der Waals surface area contributed by atoms with Crippen molar-refractivity contribution in [1.82, 2.24) is 4.98 Å². The normalized spacial score (nSPS) is 17.9. The highest BCUT2D eigenvalue weighted by atomic mass is 32.2. The number of aliphatic hydroxyl groups is 1. The Hall–Kier alpha value is -1.33. The zero-order chi connectivity index (χ0) is 14.9. The van der Waals surface area contributed by atoms with Gasteiger partial charge in [0.15, 0.2) is 0 Å². The van der Waals surface area contributed by atoms with Gasteiger partial charge in [-0.3, -0.25) is 0 Å². The van der Waals surface area contributed by atoms with Crippen LogP contribution in [0.2, 0.25) is 0 Å². The third-order valence-corrected chi connectivity index (χ3v) is 4.94. The molecule has 1 aliphatic rings. The minimum atomic E-state index is -0.665. The van der Waals surface area contributed by atoms with Gasteiger partial charge in [0, 0.05) is 23.3 Å². The molecular weight excluding hydrogens is 287 g/mol. The first-order valence-electron chi connectivity index (χ1n) is 7.17. The summed E-state index contributed by atoms with van der Waals surface area (Å²) in [4.78, 5) is 4.27. The van der Waals surface area contributed by atoms with Crippen LogP contribution in [-0.4, -0.2) is 33.7 Å². The van der Waals surface area contributed by atoms with E-state index in [-0.39, 0.29) is 5.82 Å². The Kier molecular flexibility index (Phi) is 4.04. The van der Waals surface area contributed by atoms with E-state index >= 15 is 0 Å². The number of hydrogen-bond donors (Lipinski definition) is 2. The van der Waals surface area contributed by atoms with Crippen molar-refractivity contribution in [3.8, 4) is 0 Å². The van der Waals surface area contributed by atoms with E-state index in [2.05, 4.69) is 10.3 Å². The van der Waals surface area contributed by atoms with Crippen molar-refractivity contribution in [3.63, 3.8) is 0 Å². The van der Waals surface area contributed by atoms with Gasteiger partial charge in [0.25, 0.3) is 0 Å². The van der Waals surface area contributed by atoms with Crippen LogP contribution in [0.15, 0.2) is 24.3 Å². The quantitative estimate of drug-likeness (QED) is 0.913. The number of para-hydroxylation sites is 1. The van der Waals surface area contributed by atoms with Crippen LogP contribution in [0.25, 0.3) is 10.9 Å². The number of pyridine rings is 1. The second-order valence-electron chi connectivity index (χ2n) is 5.64. The number of thioether (sulfide) groups is 1. The average Bonchev–Trinajstić information content (AvgIpc) is 2.47. The number of aromatic nitrogens is 1. The molecule has 0 aliphatic carbocycles. The summed E-state index contributed by atoms with van der Waals surface area (Å²) in [5, 5.41) is 14.6. The van der Waals surface area contributed by atoms with Crippen molar-refractivity contribution in [2.24, 2.45) is 0 Å². The molecule has 1 aromatic carbocycles. The minimum Gasteiger partial charge on any atom is -0.388 e. The van der Waals surface area contributed by atoms with Crippen molar-refractivity contribution in [3.05, 3.63) is 35.8 Å². The summed E-state index contributed by atoms with van der Waals surface area (Å²) in [5.41, 5.74) is 1.32. The summed E-state index contributed by atoms with van der Waals surface area (Å²) in [5.74, 6) is 1.67. The number of nitrogens with zero attached hydrogens (tertiary/aromatic N) is 1. The van der Waals surface area contributed by atoms with Gasteiger partial charge in [-0.05, 0) is 43.4 Å². The second-order valence-corrected chi connectivity index (χ2v) is 6.86. The Morgan fingerprint density at radius 1 is 1.38 bits per heavy atom. The molecule has 5 heteroatoms. The molecule has 1 aromatic heterocycles.